The first kappa shape index (κ1) is 23.2. The summed E-state index contributed by atoms with van der Waals surface area (Å²) in [7, 11) is 1.74. The van der Waals surface area contributed by atoms with Crippen LogP contribution in [0.1, 0.15) is 5.56 Å². The van der Waals surface area contributed by atoms with Gasteiger partial charge in [0.2, 0.25) is 0 Å². The van der Waals surface area contributed by atoms with Crippen LogP contribution in [0.25, 0.3) is 10.8 Å². The molecule has 0 aromatic heterocycles. The molecule has 2 amide bonds. The molecular weight excluding hydrogens is 413 g/mol. The van der Waals surface area contributed by atoms with Crippen molar-refractivity contribution in [1.29, 1.82) is 0 Å². The van der Waals surface area contributed by atoms with Gasteiger partial charge in [-0.2, -0.15) is 18.3 Å². The molecule has 0 aliphatic rings. The number of urea groups is 1. The number of anilines is 2. The third kappa shape index (κ3) is 6.74. The molecular formula is C21H19F3N4O3. The van der Waals surface area contributed by atoms with Gasteiger partial charge in [0.1, 0.15) is 0 Å². The second-order valence-corrected chi connectivity index (χ2v) is 6.23. The summed E-state index contributed by atoms with van der Waals surface area (Å²) >= 11 is 0. The van der Waals surface area contributed by atoms with Gasteiger partial charge in [0, 0.05) is 18.4 Å². The lowest BCUT2D eigenvalue weighted by atomic mass is 10.1. The number of para-hydroxylation sites is 1. The highest BCUT2D eigenvalue weighted by Gasteiger charge is 2.38. The fraction of sp³-hybridized carbons (Fsp3) is 0.0952. The number of nitrogens with two attached hydrogens (primary N) is 1. The van der Waals surface area contributed by atoms with Crippen LogP contribution >= 0.6 is 0 Å². The van der Waals surface area contributed by atoms with E-state index in [1.165, 1.54) is 0 Å². The van der Waals surface area contributed by atoms with Gasteiger partial charge >= 0.3 is 18.2 Å². The Balaban J connectivity index is 0.000000423. The molecule has 0 saturated carbocycles. The molecule has 4 N–H and O–H groups in total. The number of hydrazone groups is 1. The first-order valence-electron chi connectivity index (χ1n) is 8.79. The monoisotopic (exact) mass is 432 g/mol. The van der Waals surface area contributed by atoms with Crippen molar-refractivity contribution in [3.8, 4) is 0 Å². The molecule has 3 aromatic carbocycles. The average molecular weight is 432 g/mol. The quantitative estimate of drug-likeness (QED) is 0.323. The van der Waals surface area contributed by atoms with Crippen molar-refractivity contribution in [3.63, 3.8) is 0 Å². The fourth-order valence-corrected chi connectivity index (χ4v) is 2.48. The largest absolute Gasteiger partial charge is 0.490 e. The van der Waals surface area contributed by atoms with E-state index in [1.54, 1.807) is 18.2 Å². The number of halogens is 3. The highest BCUT2D eigenvalue weighted by atomic mass is 19.4. The van der Waals surface area contributed by atoms with E-state index in [4.69, 9.17) is 15.7 Å². The SMILES string of the molecule is CN(C(=O)Nc1ccc2cc(/C=N\N)ccc2c1)c1ccccc1.O=C(O)C(F)(F)F. The third-order valence-corrected chi connectivity index (χ3v) is 4.03. The molecule has 0 bridgehead atoms. The van der Waals surface area contributed by atoms with Crippen LogP contribution in [0.2, 0.25) is 0 Å². The van der Waals surface area contributed by atoms with Gasteiger partial charge in [0.05, 0.1) is 6.21 Å². The molecule has 3 rings (SSSR count). The van der Waals surface area contributed by atoms with E-state index in [9.17, 15) is 18.0 Å². The van der Waals surface area contributed by atoms with Gasteiger partial charge in [-0.15, -0.1) is 0 Å². The normalized spacial score (nSPS) is 11.0. The third-order valence-electron chi connectivity index (χ3n) is 4.03. The lowest BCUT2D eigenvalue weighted by molar-refractivity contribution is -0.192. The number of hydrogen-bond acceptors (Lipinski definition) is 4. The van der Waals surface area contributed by atoms with Crippen molar-refractivity contribution in [2.75, 3.05) is 17.3 Å². The van der Waals surface area contributed by atoms with Crippen molar-refractivity contribution >= 4 is 40.4 Å². The van der Waals surface area contributed by atoms with Gasteiger partial charge in [0.25, 0.3) is 0 Å². The number of carboxylic acid groups (broad SMARTS) is 1. The lowest BCUT2D eigenvalue weighted by Crippen LogP contribution is -2.31. The molecule has 0 heterocycles. The molecule has 0 fully saturated rings. The Morgan fingerprint density at radius 2 is 1.61 bits per heavy atom. The van der Waals surface area contributed by atoms with Crippen molar-refractivity contribution in [3.05, 3.63) is 72.3 Å². The number of aliphatic carboxylic acids is 1. The number of carbonyl (C=O) groups excluding carboxylic acids is 1. The minimum Gasteiger partial charge on any atom is -0.475 e. The number of nitrogens with one attached hydrogen (secondary N) is 1. The highest BCUT2D eigenvalue weighted by molar-refractivity contribution is 6.02. The van der Waals surface area contributed by atoms with Crippen molar-refractivity contribution < 1.29 is 27.9 Å². The number of alkyl halides is 3. The first-order chi connectivity index (χ1) is 14.6. The van der Waals surface area contributed by atoms with Gasteiger partial charge in [0.15, 0.2) is 0 Å². The summed E-state index contributed by atoms with van der Waals surface area (Å²) in [6, 6.07) is 21.0. The summed E-state index contributed by atoms with van der Waals surface area (Å²) in [5.41, 5.74) is 2.52. The van der Waals surface area contributed by atoms with Crippen LogP contribution in [0.5, 0.6) is 0 Å². The van der Waals surface area contributed by atoms with Crippen LogP contribution in [-0.2, 0) is 4.79 Å². The maximum Gasteiger partial charge on any atom is 0.490 e. The molecule has 0 saturated heterocycles. The smallest absolute Gasteiger partial charge is 0.475 e. The summed E-state index contributed by atoms with van der Waals surface area (Å²) in [4.78, 5) is 22.8. The second-order valence-electron chi connectivity index (χ2n) is 6.23. The Morgan fingerprint density at radius 1 is 1.03 bits per heavy atom. The van der Waals surface area contributed by atoms with Crippen molar-refractivity contribution in [2.45, 2.75) is 6.18 Å². The summed E-state index contributed by atoms with van der Waals surface area (Å²) < 4.78 is 31.7. The Hall–Kier alpha value is -4.08. The molecule has 0 atom stereocenters. The first-order valence-corrected chi connectivity index (χ1v) is 8.79. The Morgan fingerprint density at radius 3 is 2.19 bits per heavy atom. The van der Waals surface area contributed by atoms with Crippen molar-refractivity contribution in [2.24, 2.45) is 10.9 Å². The van der Waals surface area contributed by atoms with Gasteiger partial charge in [-0.3, -0.25) is 4.90 Å². The summed E-state index contributed by atoms with van der Waals surface area (Å²) in [5.74, 6) is 2.42. The number of carbonyl (C=O) groups is 2. The van der Waals surface area contributed by atoms with E-state index in [1.807, 2.05) is 66.7 Å². The Labute approximate surface area is 175 Å². The van der Waals surface area contributed by atoms with Crippen LogP contribution in [0, 0.1) is 0 Å². The maximum absolute atomic E-state index is 12.4. The number of fused-ring (bicyclic) bond motifs is 1. The maximum atomic E-state index is 12.4. The zero-order valence-corrected chi connectivity index (χ0v) is 16.3. The predicted molar refractivity (Wildman–Crippen MR) is 113 cm³/mol. The summed E-state index contributed by atoms with van der Waals surface area (Å²) in [6.45, 7) is 0. The molecule has 0 unspecified atom stereocenters. The molecule has 0 aliphatic heterocycles. The van der Waals surface area contributed by atoms with E-state index in [0.29, 0.717) is 0 Å². The highest BCUT2D eigenvalue weighted by Crippen LogP contribution is 2.21. The minimum atomic E-state index is -5.08. The number of hydrogen-bond donors (Lipinski definition) is 3. The van der Waals surface area contributed by atoms with Gasteiger partial charge in [-0.25, -0.2) is 9.59 Å². The number of carboxylic acids is 1. The Kier molecular flexibility index (Phi) is 7.56. The fourth-order valence-electron chi connectivity index (χ4n) is 2.48. The molecule has 0 spiro atoms. The summed E-state index contributed by atoms with van der Waals surface area (Å²) in [5, 5.41) is 15.7. The van der Waals surface area contributed by atoms with Crippen LogP contribution < -0.4 is 16.1 Å². The van der Waals surface area contributed by atoms with E-state index in [0.717, 1.165) is 27.7 Å². The van der Waals surface area contributed by atoms with E-state index in [-0.39, 0.29) is 6.03 Å². The predicted octanol–water partition coefficient (Wildman–Crippen LogP) is 4.43. The molecule has 31 heavy (non-hydrogen) atoms. The van der Waals surface area contributed by atoms with Gasteiger partial charge < -0.3 is 16.3 Å². The van der Waals surface area contributed by atoms with E-state index in [2.05, 4.69) is 10.4 Å². The van der Waals surface area contributed by atoms with Crippen LogP contribution in [-0.4, -0.2) is 36.5 Å². The van der Waals surface area contributed by atoms with E-state index >= 15 is 0 Å². The average Bonchev–Trinajstić information content (AvgIpc) is 2.74. The number of nitrogens with zero attached hydrogens (tertiary/aromatic N) is 2. The summed E-state index contributed by atoms with van der Waals surface area (Å²) in [6.07, 6.45) is -3.48. The zero-order chi connectivity index (χ0) is 23.0. The zero-order valence-electron chi connectivity index (χ0n) is 16.3. The number of benzene rings is 3. The second kappa shape index (κ2) is 10.1. The van der Waals surface area contributed by atoms with Crippen LogP contribution in [0.15, 0.2) is 71.8 Å². The number of rotatable bonds is 3. The molecule has 0 aliphatic carbocycles. The minimum absolute atomic E-state index is 0.188. The molecule has 10 heteroatoms. The number of amides is 2. The van der Waals surface area contributed by atoms with Crippen LogP contribution in [0.3, 0.4) is 0 Å². The van der Waals surface area contributed by atoms with Gasteiger partial charge in [-0.05, 0) is 46.7 Å². The Bertz CT molecular complexity index is 1090. The van der Waals surface area contributed by atoms with Gasteiger partial charge in [-0.1, -0.05) is 36.4 Å². The standard InChI is InChI=1S/C19H18N4O.C2HF3O2/c1-23(18-5-3-2-4-6-18)19(24)22-17-10-9-15-11-14(13-21-20)7-8-16(15)12-17;3-2(4,5)1(6)7/h2-13H,20H2,1H3,(H,22,24);(H,6,7)/b21-13-;. The molecule has 162 valence electrons. The van der Waals surface area contributed by atoms with E-state index < -0.39 is 12.1 Å². The lowest BCUT2D eigenvalue weighted by Gasteiger charge is -2.18. The molecule has 0 radical (unpaired) electrons. The van der Waals surface area contributed by atoms with Crippen molar-refractivity contribution in [1.82, 2.24) is 0 Å². The topological polar surface area (TPSA) is 108 Å². The molecule has 7 nitrogen and oxygen atoms in total. The van der Waals surface area contributed by atoms with Crippen LogP contribution in [0.4, 0.5) is 29.3 Å². The molecule has 3 aromatic rings.